The van der Waals surface area contributed by atoms with Gasteiger partial charge in [-0.1, -0.05) is 12.1 Å². The molecule has 0 fully saturated rings. The lowest BCUT2D eigenvalue weighted by Gasteiger charge is -2.12. The van der Waals surface area contributed by atoms with Crippen molar-refractivity contribution in [3.8, 4) is 11.8 Å². The van der Waals surface area contributed by atoms with E-state index in [-0.39, 0.29) is 25.0 Å². The number of para-hydroxylation sites is 1. The smallest absolute Gasteiger partial charge is 0.258 e. The van der Waals surface area contributed by atoms with Crippen LogP contribution in [-0.2, 0) is 9.59 Å². The lowest BCUT2D eigenvalue weighted by Crippen LogP contribution is -2.38. The average molecular weight is 261 g/mol. The highest BCUT2D eigenvalue weighted by molar-refractivity contribution is 5.79. The Balaban J connectivity index is 2.46. The molecule has 2 amide bonds. The molecule has 6 nitrogen and oxygen atoms in total. The van der Waals surface area contributed by atoms with Crippen LogP contribution in [0.2, 0.25) is 0 Å². The summed E-state index contributed by atoms with van der Waals surface area (Å²) in [5.41, 5.74) is 5.38. The first-order valence-corrected chi connectivity index (χ1v) is 5.72. The van der Waals surface area contributed by atoms with Crippen molar-refractivity contribution in [3.05, 3.63) is 29.8 Å². The van der Waals surface area contributed by atoms with Crippen LogP contribution in [-0.4, -0.2) is 24.5 Å². The summed E-state index contributed by atoms with van der Waals surface area (Å²) in [6.45, 7) is 1.45. The molecule has 0 saturated carbocycles. The highest BCUT2D eigenvalue weighted by atomic mass is 16.5. The average Bonchev–Trinajstić information content (AvgIpc) is 2.35. The van der Waals surface area contributed by atoms with Gasteiger partial charge in [-0.2, -0.15) is 5.26 Å². The van der Waals surface area contributed by atoms with Gasteiger partial charge in [-0.25, -0.2) is 0 Å². The van der Waals surface area contributed by atoms with Gasteiger partial charge in [-0.15, -0.1) is 0 Å². The molecule has 0 heterocycles. The molecule has 19 heavy (non-hydrogen) atoms. The minimum Gasteiger partial charge on any atom is -0.482 e. The lowest BCUT2D eigenvalue weighted by molar-refractivity contribution is -0.124. The molecule has 1 aromatic carbocycles. The van der Waals surface area contributed by atoms with Crippen molar-refractivity contribution in [1.29, 1.82) is 5.26 Å². The fourth-order valence-electron chi connectivity index (χ4n) is 1.50. The molecular formula is C13H15N3O3. The fraction of sp³-hybridized carbons (Fsp3) is 0.308. The number of primary amides is 1. The van der Waals surface area contributed by atoms with Crippen LogP contribution in [0.1, 0.15) is 18.9 Å². The van der Waals surface area contributed by atoms with Crippen LogP contribution in [0.5, 0.6) is 5.75 Å². The summed E-state index contributed by atoms with van der Waals surface area (Å²) in [5, 5.41) is 11.4. The maximum absolute atomic E-state index is 11.5. The molecule has 0 aliphatic carbocycles. The number of amides is 2. The first-order valence-electron chi connectivity index (χ1n) is 5.72. The SMILES string of the molecule is CC(CC(N)=O)NC(=O)COc1ccccc1C#N. The van der Waals surface area contributed by atoms with Crippen molar-refractivity contribution in [2.24, 2.45) is 5.73 Å². The Morgan fingerprint density at radius 2 is 2.16 bits per heavy atom. The van der Waals surface area contributed by atoms with Crippen molar-refractivity contribution in [2.75, 3.05) is 6.61 Å². The highest BCUT2D eigenvalue weighted by Crippen LogP contribution is 2.16. The molecule has 0 radical (unpaired) electrons. The van der Waals surface area contributed by atoms with E-state index in [1.807, 2.05) is 6.07 Å². The minimum absolute atomic E-state index is 0.0700. The number of nitrogens with one attached hydrogen (secondary N) is 1. The molecule has 0 saturated heterocycles. The van der Waals surface area contributed by atoms with Gasteiger partial charge in [0.15, 0.2) is 6.61 Å². The van der Waals surface area contributed by atoms with Crippen LogP contribution in [0.15, 0.2) is 24.3 Å². The van der Waals surface area contributed by atoms with E-state index in [1.54, 1.807) is 31.2 Å². The first kappa shape index (κ1) is 14.5. The molecule has 3 N–H and O–H groups in total. The third kappa shape index (κ3) is 5.08. The number of rotatable bonds is 6. The van der Waals surface area contributed by atoms with E-state index in [1.165, 1.54) is 0 Å². The van der Waals surface area contributed by atoms with Gasteiger partial charge in [0, 0.05) is 12.5 Å². The number of carbonyl (C=O) groups is 2. The summed E-state index contributed by atoms with van der Waals surface area (Å²) >= 11 is 0. The van der Waals surface area contributed by atoms with Crippen LogP contribution in [0.25, 0.3) is 0 Å². The van der Waals surface area contributed by atoms with Gasteiger partial charge in [0.25, 0.3) is 5.91 Å². The van der Waals surface area contributed by atoms with Crippen LogP contribution in [0.3, 0.4) is 0 Å². The summed E-state index contributed by atoms with van der Waals surface area (Å²) in [6.07, 6.45) is 0.0700. The van der Waals surface area contributed by atoms with Gasteiger partial charge in [-0.05, 0) is 19.1 Å². The van der Waals surface area contributed by atoms with E-state index in [0.717, 1.165) is 0 Å². The predicted octanol–water partition coefficient (Wildman–Crippen LogP) is 0.317. The fourth-order valence-corrected chi connectivity index (χ4v) is 1.50. The van der Waals surface area contributed by atoms with Gasteiger partial charge in [0.05, 0.1) is 5.56 Å². The van der Waals surface area contributed by atoms with Gasteiger partial charge < -0.3 is 15.8 Å². The van der Waals surface area contributed by atoms with Crippen LogP contribution in [0.4, 0.5) is 0 Å². The third-order valence-electron chi connectivity index (χ3n) is 2.28. The Kier molecular flexibility index (Phi) is 5.35. The van der Waals surface area contributed by atoms with Crippen molar-refractivity contribution in [1.82, 2.24) is 5.32 Å². The van der Waals surface area contributed by atoms with Crippen molar-refractivity contribution < 1.29 is 14.3 Å². The van der Waals surface area contributed by atoms with Gasteiger partial charge >= 0.3 is 0 Å². The zero-order valence-electron chi connectivity index (χ0n) is 10.6. The van der Waals surface area contributed by atoms with E-state index in [2.05, 4.69) is 5.32 Å². The highest BCUT2D eigenvalue weighted by Gasteiger charge is 2.11. The van der Waals surface area contributed by atoms with Gasteiger partial charge in [0.2, 0.25) is 5.91 Å². The summed E-state index contributed by atoms with van der Waals surface area (Å²) in [7, 11) is 0. The number of hydrogen-bond acceptors (Lipinski definition) is 4. The molecule has 6 heteroatoms. The molecular weight excluding hydrogens is 246 g/mol. The molecule has 0 aliphatic rings. The quantitative estimate of drug-likeness (QED) is 0.769. The van der Waals surface area contributed by atoms with Gasteiger partial charge in [0.1, 0.15) is 11.8 Å². The molecule has 0 bridgehead atoms. The maximum atomic E-state index is 11.5. The number of carbonyl (C=O) groups excluding carboxylic acids is 2. The minimum atomic E-state index is -0.483. The van der Waals surface area contributed by atoms with E-state index >= 15 is 0 Å². The summed E-state index contributed by atoms with van der Waals surface area (Å²) < 4.78 is 5.24. The maximum Gasteiger partial charge on any atom is 0.258 e. The number of hydrogen-bond donors (Lipinski definition) is 2. The van der Waals surface area contributed by atoms with Crippen molar-refractivity contribution >= 4 is 11.8 Å². The number of benzene rings is 1. The number of nitriles is 1. The molecule has 1 atom stereocenters. The standard InChI is InChI=1S/C13H15N3O3/c1-9(6-12(15)17)16-13(18)8-19-11-5-3-2-4-10(11)7-14/h2-5,9H,6,8H2,1H3,(H2,15,17)(H,16,18). The Bertz CT molecular complexity index is 508. The molecule has 1 unspecified atom stereocenters. The lowest BCUT2D eigenvalue weighted by atomic mass is 10.2. The van der Waals surface area contributed by atoms with E-state index < -0.39 is 5.91 Å². The monoisotopic (exact) mass is 261 g/mol. The van der Waals surface area contributed by atoms with E-state index in [9.17, 15) is 9.59 Å². The largest absolute Gasteiger partial charge is 0.482 e. The number of nitrogens with two attached hydrogens (primary N) is 1. The Hall–Kier alpha value is -2.55. The molecule has 100 valence electrons. The molecule has 1 rings (SSSR count). The second-order valence-electron chi connectivity index (χ2n) is 4.04. The topological polar surface area (TPSA) is 105 Å². The van der Waals surface area contributed by atoms with Crippen molar-refractivity contribution in [2.45, 2.75) is 19.4 Å². The number of ether oxygens (including phenoxy) is 1. The van der Waals surface area contributed by atoms with Crippen LogP contribution >= 0.6 is 0 Å². The zero-order chi connectivity index (χ0) is 14.3. The second-order valence-corrected chi connectivity index (χ2v) is 4.04. The first-order chi connectivity index (χ1) is 9.02. The molecule has 0 aromatic heterocycles. The molecule has 0 spiro atoms. The zero-order valence-corrected chi connectivity index (χ0v) is 10.6. The summed E-state index contributed by atoms with van der Waals surface area (Å²) in [6, 6.07) is 8.25. The predicted molar refractivity (Wildman–Crippen MR) is 68.1 cm³/mol. The third-order valence-corrected chi connectivity index (χ3v) is 2.28. The Labute approximate surface area is 111 Å². The Morgan fingerprint density at radius 3 is 2.79 bits per heavy atom. The summed E-state index contributed by atoms with van der Waals surface area (Å²) in [5.74, 6) is -0.507. The van der Waals surface area contributed by atoms with E-state index in [0.29, 0.717) is 11.3 Å². The van der Waals surface area contributed by atoms with Crippen molar-refractivity contribution in [3.63, 3.8) is 0 Å². The van der Waals surface area contributed by atoms with Crippen LogP contribution in [0, 0.1) is 11.3 Å². The summed E-state index contributed by atoms with van der Waals surface area (Å²) in [4.78, 5) is 22.2. The second kappa shape index (κ2) is 7.01. The van der Waals surface area contributed by atoms with Gasteiger partial charge in [-0.3, -0.25) is 9.59 Å². The Morgan fingerprint density at radius 1 is 1.47 bits per heavy atom. The number of nitrogens with zero attached hydrogens (tertiary/aromatic N) is 1. The molecule has 1 aromatic rings. The normalized spacial score (nSPS) is 11.2. The van der Waals surface area contributed by atoms with E-state index in [4.69, 9.17) is 15.7 Å². The molecule has 0 aliphatic heterocycles. The van der Waals surface area contributed by atoms with Crippen LogP contribution < -0.4 is 15.8 Å².